The minimum atomic E-state index is -5.44. The largest absolute Gasteiger partial charge is 0.483 e. The van der Waals surface area contributed by atoms with Crippen molar-refractivity contribution in [3.63, 3.8) is 0 Å². The van der Waals surface area contributed by atoms with Crippen molar-refractivity contribution in [3.8, 4) is 0 Å². The fourth-order valence-electron chi connectivity index (χ4n) is 3.43. The van der Waals surface area contributed by atoms with Gasteiger partial charge >= 0.3 is 21.3 Å². The molecule has 0 amide bonds. The molecule has 3 heterocycles. The van der Waals surface area contributed by atoms with E-state index in [2.05, 4.69) is 18.3 Å². The van der Waals surface area contributed by atoms with Crippen LogP contribution in [0.5, 0.6) is 0 Å². The maximum Gasteiger partial charge on any atom is 0.483 e. The third kappa shape index (κ3) is 7.14. The lowest BCUT2D eigenvalue weighted by molar-refractivity contribution is -0.244. The Bertz CT molecular complexity index is 1110. The number of nitrogens with zero attached hydrogens (tertiary/aromatic N) is 1. The molecule has 7 N–H and O–H groups in total. The molecule has 35 heavy (non-hydrogen) atoms. The van der Waals surface area contributed by atoms with Gasteiger partial charge in [-0.05, 0) is 6.92 Å². The Labute approximate surface area is 196 Å². The molecule has 3 rings (SSSR count). The van der Waals surface area contributed by atoms with Gasteiger partial charge in [0, 0.05) is 24.6 Å². The number of phosphoric acid groups is 2. The van der Waals surface area contributed by atoms with Gasteiger partial charge in [-0.2, -0.15) is 4.31 Å². The zero-order valence-electron chi connectivity index (χ0n) is 18.1. The summed E-state index contributed by atoms with van der Waals surface area (Å²) in [4.78, 5) is 45.2. The van der Waals surface area contributed by atoms with Gasteiger partial charge in [0.1, 0.15) is 18.4 Å². The van der Waals surface area contributed by atoms with E-state index in [0.717, 1.165) is 4.57 Å². The predicted octanol–water partition coefficient (Wildman–Crippen LogP) is -2.43. The molecule has 9 atom stereocenters. The van der Waals surface area contributed by atoms with Crippen LogP contribution < -0.4 is 11.2 Å². The molecule has 2 saturated heterocycles. The van der Waals surface area contributed by atoms with Gasteiger partial charge in [0.2, 0.25) is 0 Å². The average molecular weight is 548 g/mol. The van der Waals surface area contributed by atoms with Gasteiger partial charge in [0.05, 0.1) is 31.5 Å². The highest BCUT2D eigenvalue weighted by molar-refractivity contribution is 7.61. The van der Waals surface area contributed by atoms with E-state index in [1.165, 1.54) is 13.1 Å². The molecule has 1 aromatic heterocycles. The Morgan fingerprint density at radius 2 is 1.80 bits per heavy atom. The van der Waals surface area contributed by atoms with Gasteiger partial charge in [-0.25, -0.2) is 13.9 Å². The summed E-state index contributed by atoms with van der Waals surface area (Å²) in [6.45, 7) is 0.00502. The summed E-state index contributed by atoms with van der Waals surface area (Å²) in [6, 6.07) is 0. The van der Waals surface area contributed by atoms with Crippen molar-refractivity contribution >= 4 is 15.6 Å². The molecule has 0 aromatic carbocycles. The number of nitrogens with one attached hydrogen (secondary N) is 1. The van der Waals surface area contributed by atoms with E-state index >= 15 is 0 Å². The van der Waals surface area contributed by atoms with Gasteiger partial charge in [-0.15, -0.1) is 0 Å². The van der Waals surface area contributed by atoms with Gasteiger partial charge in [-0.3, -0.25) is 23.4 Å². The molecule has 2 aliphatic rings. The highest BCUT2D eigenvalue weighted by Crippen LogP contribution is 2.61. The molecule has 7 unspecified atom stereocenters. The highest BCUT2D eigenvalue weighted by atomic mass is 31.3. The van der Waals surface area contributed by atoms with Crippen LogP contribution in [0.15, 0.2) is 15.8 Å². The lowest BCUT2D eigenvalue weighted by Crippen LogP contribution is -2.50. The van der Waals surface area contributed by atoms with E-state index in [4.69, 9.17) is 14.6 Å². The molecule has 0 radical (unpaired) electrons. The molecule has 0 saturated carbocycles. The van der Waals surface area contributed by atoms with Gasteiger partial charge in [0.15, 0.2) is 6.29 Å². The minimum absolute atomic E-state index is 0.150. The fourth-order valence-corrected chi connectivity index (χ4v) is 5.59. The minimum Gasteiger partial charge on any atom is -0.394 e. The number of hydrogen-bond acceptors (Lipinski definition) is 13. The van der Waals surface area contributed by atoms with E-state index in [0.29, 0.717) is 0 Å². The summed E-state index contributed by atoms with van der Waals surface area (Å²) in [5, 5.41) is 38.8. The highest BCUT2D eigenvalue weighted by Gasteiger charge is 2.45. The van der Waals surface area contributed by atoms with E-state index in [-0.39, 0.29) is 18.4 Å². The molecule has 0 bridgehead atoms. The molecule has 19 heteroatoms. The van der Waals surface area contributed by atoms with Crippen LogP contribution in [-0.2, 0) is 32.0 Å². The molecule has 200 valence electrons. The second-order valence-corrected chi connectivity index (χ2v) is 10.9. The third-order valence-electron chi connectivity index (χ3n) is 5.21. The lowest BCUT2D eigenvalue weighted by Gasteiger charge is -2.36. The topological polar surface area (TPSA) is 257 Å². The summed E-state index contributed by atoms with van der Waals surface area (Å²) in [5.41, 5.74) is -1.22. The van der Waals surface area contributed by atoms with Gasteiger partial charge < -0.3 is 39.7 Å². The fraction of sp³-hybridized carbons (Fsp3) is 0.750. The Hall–Kier alpha value is -1.30. The van der Waals surface area contributed by atoms with Gasteiger partial charge in [0.25, 0.3) is 5.56 Å². The number of aryl methyl sites for hydroxylation is 1. The van der Waals surface area contributed by atoms with Crippen LogP contribution in [0.25, 0.3) is 0 Å². The molecule has 17 nitrogen and oxygen atoms in total. The SMILES string of the molecule is Cc1cn(C2C[C@H](O)[C@@H](COP(=O)(O)OP(=O)(O)OC3OC(CO)CC(O)C3O)O2)c(=O)[nH]c1=O. The standard InChI is InChI=1S/C16H26N2O15P2/c1-7-4-18(16(24)17-14(7)23)12-3-9(20)11(31-12)6-29-34(25,26)33-35(27,28)32-15-13(22)10(21)2-8(5-19)30-15/h4,8-13,15,19-22H,2-3,5-6H2,1H3,(H,25,26)(H,27,28)(H,17,23,24)/t8?,9-,10?,11+,12?,13?,15?/m0/s1. The number of aliphatic hydroxyl groups excluding tert-OH is 4. The number of ether oxygens (including phenoxy) is 2. The first-order valence-corrected chi connectivity index (χ1v) is 13.2. The number of aromatic nitrogens is 2. The van der Waals surface area contributed by atoms with Crippen molar-refractivity contribution in [1.82, 2.24) is 9.55 Å². The number of aliphatic hydroxyl groups is 4. The summed E-state index contributed by atoms with van der Waals surface area (Å²) in [6.07, 6.45) is -9.12. The average Bonchev–Trinajstić information content (AvgIpc) is 3.11. The smallest absolute Gasteiger partial charge is 0.394 e. The molecule has 0 spiro atoms. The van der Waals surface area contributed by atoms with Crippen molar-refractivity contribution in [2.75, 3.05) is 13.2 Å². The number of hydrogen-bond donors (Lipinski definition) is 7. The van der Waals surface area contributed by atoms with Crippen LogP contribution in [0.2, 0.25) is 0 Å². The van der Waals surface area contributed by atoms with Crippen molar-refractivity contribution in [1.29, 1.82) is 0 Å². The van der Waals surface area contributed by atoms with Crippen LogP contribution >= 0.6 is 15.6 Å². The molecular weight excluding hydrogens is 522 g/mol. The number of aromatic amines is 1. The molecule has 2 aliphatic heterocycles. The Morgan fingerprint density at radius 3 is 2.46 bits per heavy atom. The number of phosphoric ester groups is 2. The van der Waals surface area contributed by atoms with E-state index < -0.39 is 83.1 Å². The molecular formula is C16H26N2O15P2. The number of rotatable bonds is 9. The van der Waals surface area contributed by atoms with Crippen LogP contribution in [0.1, 0.15) is 24.6 Å². The van der Waals surface area contributed by atoms with E-state index in [9.17, 15) is 43.8 Å². The second-order valence-electron chi connectivity index (χ2n) is 7.93. The normalized spacial score (nSPS) is 34.9. The van der Waals surface area contributed by atoms with Crippen molar-refractivity contribution in [2.45, 2.75) is 62.8 Å². The summed E-state index contributed by atoms with van der Waals surface area (Å²) in [5.74, 6) is 0. The van der Waals surface area contributed by atoms with E-state index in [1.54, 1.807) is 0 Å². The van der Waals surface area contributed by atoms with Crippen molar-refractivity contribution in [2.24, 2.45) is 0 Å². The zero-order valence-corrected chi connectivity index (χ0v) is 19.9. The van der Waals surface area contributed by atoms with Crippen LogP contribution in [-0.4, -0.2) is 89.8 Å². The Kier molecular flexibility index (Phi) is 8.87. The van der Waals surface area contributed by atoms with Crippen LogP contribution in [0, 0.1) is 6.92 Å². The zero-order chi connectivity index (χ0) is 26.1. The Balaban J connectivity index is 1.58. The lowest BCUT2D eigenvalue weighted by atomic mass is 10.0. The monoisotopic (exact) mass is 548 g/mol. The number of H-pyrrole nitrogens is 1. The summed E-state index contributed by atoms with van der Waals surface area (Å²) >= 11 is 0. The summed E-state index contributed by atoms with van der Waals surface area (Å²) in [7, 11) is -10.8. The predicted molar refractivity (Wildman–Crippen MR) is 111 cm³/mol. The molecule has 2 fully saturated rings. The summed E-state index contributed by atoms with van der Waals surface area (Å²) < 4.78 is 49.0. The first-order chi connectivity index (χ1) is 16.2. The third-order valence-corrected chi connectivity index (χ3v) is 7.81. The maximum atomic E-state index is 12.2. The maximum absolute atomic E-state index is 12.2. The first-order valence-electron chi connectivity index (χ1n) is 10.2. The second kappa shape index (κ2) is 11.0. The van der Waals surface area contributed by atoms with Crippen LogP contribution in [0.3, 0.4) is 0 Å². The molecule has 1 aromatic rings. The van der Waals surface area contributed by atoms with Crippen molar-refractivity contribution in [3.05, 3.63) is 32.6 Å². The Morgan fingerprint density at radius 1 is 1.11 bits per heavy atom. The van der Waals surface area contributed by atoms with Crippen LogP contribution in [0.4, 0.5) is 0 Å². The van der Waals surface area contributed by atoms with Gasteiger partial charge in [-0.1, -0.05) is 0 Å². The van der Waals surface area contributed by atoms with Crippen molar-refractivity contribution < 1.29 is 62.2 Å². The molecule has 0 aliphatic carbocycles. The van der Waals surface area contributed by atoms with E-state index in [1.807, 2.05) is 0 Å². The quantitative estimate of drug-likeness (QED) is 0.158. The first kappa shape index (κ1) is 28.3.